The molecule has 10 heteroatoms. The van der Waals surface area contributed by atoms with Gasteiger partial charge < -0.3 is 16.2 Å². The van der Waals surface area contributed by atoms with Crippen LogP contribution >= 0.6 is 0 Å². The Morgan fingerprint density at radius 3 is 2.38 bits per heavy atom. The molecule has 0 atom stereocenters. The Balaban J connectivity index is 0.000000270. The Kier molecular flexibility index (Phi) is 7.35. The average molecular weight is 493 g/mol. The maximum atomic E-state index is 13.5. The monoisotopic (exact) mass is 492 g/mol. The SMILES string of the molecule is CCc1nc2cccc(-c3ccc(OC)cn3)c2c(=O)n1-c1ccccc1.N#Cc1cnc(N)nc1N. The first-order valence-corrected chi connectivity index (χ1v) is 11.3. The van der Waals surface area contributed by atoms with Crippen molar-refractivity contribution in [2.24, 2.45) is 0 Å². The van der Waals surface area contributed by atoms with Crippen molar-refractivity contribution in [3.63, 3.8) is 0 Å². The van der Waals surface area contributed by atoms with E-state index in [1.165, 1.54) is 6.20 Å². The first-order chi connectivity index (χ1) is 18.0. The third-order valence-electron chi connectivity index (χ3n) is 5.50. The lowest BCUT2D eigenvalue weighted by molar-refractivity contribution is 0.413. The topological polar surface area (TPSA) is 159 Å². The second-order valence-corrected chi connectivity index (χ2v) is 7.78. The van der Waals surface area contributed by atoms with Crippen LogP contribution in [-0.2, 0) is 6.42 Å². The number of nitrogen functional groups attached to an aromatic ring is 2. The van der Waals surface area contributed by atoms with Gasteiger partial charge in [0.15, 0.2) is 0 Å². The number of nitrogens with zero attached hydrogens (tertiary/aromatic N) is 6. The Hall–Kier alpha value is -5.30. The number of methoxy groups -OCH3 is 1. The Morgan fingerprint density at radius 2 is 1.76 bits per heavy atom. The molecule has 37 heavy (non-hydrogen) atoms. The number of aromatic nitrogens is 5. The molecule has 3 heterocycles. The number of anilines is 2. The van der Waals surface area contributed by atoms with E-state index in [0.29, 0.717) is 28.8 Å². The average Bonchev–Trinajstić information content (AvgIpc) is 2.93. The molecule has 0 aliphatic carbocycles. The number of hydrogen-bond donors (Lipinski definition) is 2. The van der Waals surface area contributed by atoms with Crippen LogP contribution < -0.4 is 21.8 Å². The van der Waals surface area contributed by atoms with Crippen molar-refractivity contribution in [3.05, 3.63) is 94.8 Å². The first-order valence-electron chi connectivity index (χ1n) is 11.3. The van der Waals surface area contributed by atoms with Crippen LogP contribution in [0.4, 0.5) is 11.8 Å². The fraction of sp³-hybridized carbons (Fsp3) is 0.111. The Bertz CT molecular complexity index is 1640. The van der Waals surface area contributed by atoms with Gasteiger partial charge in [-0.05, 0) is 30.3 Å². The van der Waals surface area contributed by atoms with Gasteiger partial charge in [-0.1, -0.05) is 37.3 Å². The number of hydrogen-bond acceptors (Lipinski definition) is 9. The van der Waals surface area contributed by atoms with Gasteiger partial charge in [-0.3, -0.25) is 14.3 Å². The minimum Gasteiger partial charge on any atom is -0.495 e. The Labute approximate surface area is 212 Å². The van der Waals surface area contributed by atoms with E-state index in [-0.39, 0.29) is 22.9 Å². The summed E-state index contributed by atoms with van der Waals surface area (Å²) in [6.07, 6.45) is 3.60. The van der Waals surface area contributed by atoms with Gasteiger partial charge in [0, 0.05) is 12.0 Å². The molecule has 0 radical (unpaired) electrons. The van der Waals surface area contributed by atoms with Crippen LogP contribution in [0.2, 0.25) is 0 Å². The van der Waals surface area contributed by atoms with Gasteiger partial charge in [-0.2, -0.15) is 10.2 Å². The normalized spacial score (nSPS) is 10.3. The summed E-state index contributed by atoms with van der Waals surface area (Å²) < 4.78 is 6.87. The van der Waals surface area contributed by atoms with Gasteiger partial charge in [0.1, 0.15) is 29.0 Å². The molecular formula is C27H24N8O2. The van der Waals surface area contributed by atoms with Crippen LogP contribution in [0.5, 0.6) is 5.75 Å². The molecule has 0 spiro atoms. The molecule has 0 fully saturated rings. The van der Waals surface area contributed by atoms with Gasteiger partial charge in [-0.25, -0.2) is 9.97 Å². The lowest BCUT2D eigenvalue weighted by atomic mass is 10.1. The van der Waals surface area contributed by atoms with Gasteiger partial charge in [-0.15, -0.1) is 0 Å². The molecule has 5 rings (SSSR count). The van der Waals surface area contributed by atoms with Crippen LogP contribution in [0, 0.1) is 11.3 Å². The minimum absolute atomic E-state index is 0.0801. The molecule has 2 aromatic carbocycles. The highest BCUT2D eigenvalue weighted by Crippen LogP contribution is 2.26. The van der Waals surface area contributed by atoms with Crippen molar-refractivity contribution in [2.45, 2.75) is 13.3 Å². The zero-order valence-electron chi connectivity index (χ0n) is 20.3. The third-order valence-corrected chi connectivity index (χ3v) is 5.50. The highest BCUT2D eigenvalue weighted by atomic mass is 16.5. The molecule has 4 N–H and O–H groups in total. The third kappa shape index (κ3) is 5.21. The zero-order valence-corrected chi connectivity index (χ0v) is 20.3. The van der Waals surface area contributed by atoms with E-state index < -0.39 is 0 Å². The molecule has 0 unspecified atom stereocenters. The lowest BCUT2D eigenvalue weighted by Crippen LogP contribution is -2.24. The van der Waals surface area contributed by atoms with Crippen molar-refractivity contribution in [1.29, 1.82) is 5.26 Å². The number of nitrogens with two attached hydrogens (primary N) is 2. The number of nitriles is 1. The standard InChI is InChI=1S/C22H19N3O2.C5H5N5/c1-3-20-24-19-11-7-10-17(18-13-12-16(27-2)14-23-18)21(19)22(26)25(20)15-8-5-4-6-9-15;6-1-3-2-9-5(8)10-4(3)7/h4-14H,3H2,1-2H3;2H,(H4,7,8,9,10). The molecule has 0 bridgehead atoms. The van der Waals surface area contributed by atoms with Crippen molar-refractivity contribution >= 4 is 22.7 Å². The number of rotatable bonds is 4. The van der Waals surface area contributed by atoms with Crippen molar-refractivity contribution in [1.82, 2.24) is 24.5 Å². The highest BCUT2D eigenvalue weighted by molar-refractivity contribution is 5.93. The summed E-state index contributed by atoms with van der Waals surface area (Å²) in [7, 11) is 1.60. The van der Waals surface area contributed by atoms with E-state index in [4.69, 9.17) is 26.5 Å². The van der Waals surface area contributed by atoms with Crippen LogP contribution in [0.15, 0.2) is 77.9 Å². The number of pyridine rings is 1. The summed E-state index contributed by atoms with van der Waals surface area (Å²) in [6.45, 7) is 2.00. The quantitative estimate of drug-likeness (QED) is 0.382. The molecular weight excluding hydrogens is 468 g/mol. The minimum atomic E-state index is -0.0868. The maximum Gasteiger partial charge on any atom is 0.266 e. The first kappa shape index (κ1) is 24.8. The summed E-state index contributed by atoms with van der Waals surface area (Å²) in [5, 5.41) is 8.92. The molecule has 3 aromatic heterocycles. The summed E-state index contributed by atoms with van der Waals surface area (Å²) in [4.78, 5) is 29.9. The lowest BCUT2D eigenvalue weighted by Gasteiger charge is -2.14. The number of para-hydroxylation sites is 1. The predicted octanol–water partition coefficient (Wildman–Crippen LogP) is 3.53. The summed E-state index contributed by atoms with van der Waals surface area (Å²) in [6, 6.07) is 20.8. The number of benzene rings is 2. The second-order valence-electron chi connectivity index (χ2n) is 7.78. The predicted molar refractivity (Wildman–Crippen MR) is 142 cm³/mol. The van der Waals surface area contributed by atoms with E-state index in [1.807, 2.05) is 73.7 Å². The van der Waals surface area contributed by atoms with Crippen LogP contribution in [0.1, 0.15) is 18.3 Å². The number of aryl methyl sites for hydroxylation is 1. The summed E-state index contributed by atoms with van der Waals surface area (Å²) in [5.74, 6) is 1.61. The summed E-state index contributed by atoms with van der Waals surface area (Å²) in [5.41, 5.74) is 13.6. The fourth-order valence-electron chi connectivity index (χ4n) is 3.73. The summed E-state index contributed by atoms with van der Waals surface area (Å²) >= 11 is 0. The van der Waals surface area contributed by atoms with Gasteiger partial charge in [0.2, 0.25) is 5.95 Å². The van der Waals surface area contributed by atoms with Gasteiger partial charge in [0.25, 0.3) is 5.56 Å². The van der Waals surface area contributed by atoms with Crippen LogP contribution in [0.25, 0.3) is 27.8 Å². The maximum absolute atomic E-state index is 13.5. The molecule has 0 saturated carbocycles. The fourth-order valence-corrected chi connectivity index (χ4v) is 3.73. The van der Waals surface area contributed by atoms with E-state index in [1.54, 1.807) is 17.9 Å². The van der Waals surface area contributed by atoms with Crippen LogP contribution in [-0.4, -0.2) is 31.6 Å². The van der Waals surface area contributed by atoms with Gasteiger partial charge in [0.05, 0.1) is 41.8 Å². The molecule has 184 valence electrons. The zero-order chi connectivity index (χ0) is 26.4. The smallest absolute Gasteiger partial charge is 0.266 e. The Morgan fingerprint density at radius 1 is 0.973 bits per heavy atom. The van der Waals surface area contributed by atoms with Crippen molar-refractivity contribution < 1.29 is 4.74 Å². The van der Waals surface area contributed by atoms with Crippen molar-refractivity contribution in [2.75, 3.05) is 18.6 Å². The largest absolute Gasteiger partial charge is 0.495 e. The molecule has 5 aromatic rings. The number of fused-ring (bicyclic) bond motifs is 1. The van der Waals surface area contributed by atoms with Crippen molar-refractivity contribution in [3.8, 4) is 28.8 Å². The molecule has 0 amide bonds. The molecule has 0 aliphatic rings. The molecule has 10 nitrogen and oxygen atoms in total. The molecule has 0 saturated heterocycles. The van der Waals surface area contributed by atoms with E-state index in [0.717, 1.165) is 17.1 Å². The highest BCUT2D eigenvalue weighted by Gasteiger charge is 2.16. The van der Waals surface area contributed by atoms with Gasteiger partial charge >= 0.3 is 0 Å². The molecule has 0 aliphatic heterocycles. The van der Waals surface area contributed by atoms with E-state index >= 15 is 0 Å². The number of ether oxygens (including phenoxy) is 1. The van der Waals surface area contributed by atoms with Crippen LogP contribution in [0.3, 0.4) is 0 Å². The van der Waals surface area contributed by atoms with E-state index in [9.17, 15) is 4.79 Å². The second kappa shape index (κ2) is 11.0. The van der Waals surface area contributed by atoms with E-state index in [2.05, 4.69) is 15.0 Å².